The minimum atomic E-state index is -0.204. The molecule has 0 aliphatic heterocycles. The molecule has 0 bridgehead atoms. The number of esters is 1. The van der Waals surface area contributed by atoms with E-state index in [1.165, 1.54) is 7.11 Å². The number of anilines is 1. The fourth-order valence-corrected chi connectivity index (χ4v) is 1.65. The molecular weight excluding hydrogens is 258 g/mol. The lowest BCUT2D eigenvalue weighted by atomic mass is 10.2. The van der Waals surface area contributed by atoms with Crippen molar-refractivity contribution >= 4 is 27.6 Å². The average molecular weight is 272 g/mol. The molecule has 0 saturated heterocycles. The molecule has 0 spiro atoms. The van der Waals surface area contributed by atoms with Gasteiger partial charge in [0.25, 0.3) is 0 Å². The summed E-state index contributed by atoms with van der Waals surface area (Å²) in [5.74, 6) is -0.204. The molecule has 1 N–H and O–H groups in total. The van der Waals surface area contributed by atoms with E-state index in [0.717, 1.165) is 10.2 Å². The van der Waals surface area contributed by atoms with E-state index in [1.807, 2.05) is 31.2 Å². The highest BCUT2D eigenvalue weighted by Gasteiger charge is 2.08. The van der Waals surface area contributed by atoms with Gasteiger partial charge in [-0.2, -0.15) is 0 Å². The van der Waals surface area contributed by atoms with Crippen molar-refractivity contribution in [1.82, 2.24) is 0 Å². The van der Waals surface area contributed by atoms with Gasteiger partial charge in [0.1, 0.15) is 0 Å². The van der Waals surface area contributed by atoms with Crippen molar-refractivity contribution in [2.75, 3.05) is 12.4 Å². The van der Waals surface area contributed by atoms with Gasteiger partial charge in [0.2, 0.25) is 0 Å². The van der Waals surface area contributed by atoms with E-state index in [2.05, 4.69) is 26.0 Å². The maximum Gasteiger partial charge on any atom is 0.307 e. The standard InChI is InChI=1S/C11H14BrNO2/c1-8(6-11(14)15-2)13-10-5-3-4-9(12)7-10/h3-5,7-8,13H,6H2,1-2H3. The van der Waals surface area contributed by atoms with Gasteiger partial charge in [-0.3, -0.25) is 4.79 Å². The number of methoxy groups -OCH3 is 1. The first-order valence-electron chi connectivity index (χ1n) is 4.70. The first-order valence-corrected chi connectivity index (χ1v) is 5.50. The minimum absolute atomic E-state index is 0.0618. The Kier molecular flexibility index (Phi) is 4.62. The van der Waals surface area contributed by atoms with Gasteiger partial charge in [-0.15, -0.1) is 0 Å². The molecular formula is C11H14BrNO2. The molecule has 1 unspecified atom stereocenters. The Morgan fingerprint density at radius 3 is 2.93 bits per heavy atom. The summed E-state index contributed by atoms with van der Waals surface area (Å²) in [7, 11) is 1.40. The number of ether oxygens (including phenoxy) is 1. The van der Waals surface area contributed by atoms with Gasteiger partial charge < -0.3 is 10.1 Å². The number of carbonyl (C=O) groups is 1. The van der Waals surface area contributed by atoms with Gasteiger partial charge in [0.15, 0.2) is 0 Å². The van der Waals surface area contributed by atoms with Crippen LogP contribution in [0.15, 0.2) is 28.7 Å². The number of rotatable bonds is 4. The number of halogens is 1. The summed E-state index contributed by atoms with van der Waals surface area (Å²) in [6, 6.07) is 7.88. The monoisotopic (exact) mass is 271 g/mol. The zero-order valence-corrected chi connectivity index (χ0v) is 10.4. The molecule has 3 nitrogen and oxygen atoms in total. The van der Waals surface area contributed by atoms with Crippen molar-refractivity contribution in [2.24, 2.45) is 0 Å². The van der Waals surface area contributed by atoms with Crippen LogP contribution in [-0.4, -0.2) is 19.1 Å². The summed E-state index contributed by atoms with van der Waals surface area (Å²) in [4.78, 5) is 11.0. The predicted octanol–water partition coefficient (Wildman–Crippen LogP) is 2.81. The molecule has 1 rings (SSSR count). The average Bonchev–Trinajstić information content (AvgIpc) is 2.17. The third-order valence-corrected chi connectivity index (χ3v) is 2.43. The van der Waals surface area contributed by atoms with Crippen molar-refractivity contribution in [3.8, 4) is 0 Å². The van der Waals surface area contributed by atoms with E-state index in [1.54, 1.807) is 0 Å². The third kappa shape index (κ3) is 4.34. The number of carbonyl (C=O) groups excluding carboxylic acids is 1. The maximum absolute atomic E-state index is 11.0. The predicted molar refractivity (Wildman–Crippen MR) is 63.9 cm³/mol. The van der Waals surface area contributed by atoms with E-state index in [9.17, 15) is 4.79 Å². The molecule has 0 aromatic heterocycles. The van der Waals surface area contributed by atoms with Crippen LogP contribution in [0.1, 0.15) is 13.3 Å². The van der Waals surface area contributed by atoms with Crippen molar-refractivity contribution in [3.05, 3.63) is 28.7 Å². The van der Waals surface area contributed by atoms with E-state index >= 15 is 0 Å². The van der Waals surface area contributed by atoms with Gasteiger partial charge in [-0.05, 0) is 25.1 Å². The molecule has 0 aliphatic carbocycles. The van der Waals surface area contributed by atoms with Crippen LogP contribution in [-0.2, 0) is 9.53 Å². The van der Waals surface area contributed by atoms with Crippen molar-refractivity contribution in [3.63, 3.8) is 0 Å². The van der Waals surface area contributed by atoms with Crippen LogP contribution in [0.5, 0.6) is 0 Å². The van der Waals surface area contributed by atoms with Crippen molar-refractivity contribution in [1.29, 1.82) is 0 Å². The smallest absolute Gasteiger partial charge is 0.307 e. The second kappa shape index (κ2) is 5.75. The highest BCUT2D eigenvalue weighted by atomic mass is 79.9. The lowest BCUT2D eigenvalue weighted by molar-refractivity contribution is -0.140. The molecule has 0 saturated carbocycles. The van der Waals surface area contributed by atoms with E-state index in [4.69, 9.17) is 0 Å². The number of benzene rings is 1. The number of hydrogen-bond donors (Lipinski definition) is 1. The number of hydrogen-bond acceptors (Lipinski definition) is 3. The Hall–Kier alpha value is -1.03. The minimum Gasteiger partial charge on any atom is -0.469 e. The third-order valence-electron chi connectivity index (χ3n) is 1.94. The fraction of sp³-hybridized carbons (Fsp3) is 0.364. The normalized spacial score (nSPS) is 11.9. The van der Waals surface area contributed by atoms with E-state index < -0.39 is 0 Å². The lowest BCUT2D eigenvalue weighted by Gasteiger charge is -2.13. The molecule has 15 heavy (non-hydrogen) atoms. The molecule has 0 heterocycles. The zero-order valence-electron chi connectivity index (χ0n) is 8.79. The van der Waals surface area contributed by atoms with E-state index in [0.29, 0.717) is 6.42 Å². The van der Waals surface area contributed by atoms with Gasteiger partial charge in [-0.25, -0.2) is 0 Å². The summed E-state index contributed by atoms with van der Waals surface area (Å²) in [6.45, 7) is 1.94. The largest absolute Gasteiger partial charge is 0.469 e. The Labute approximate surface area is 97.9 Å². The molecule has 0 amide bonds. The molecule has 0 aliphatic rings. The molecule has 4 heteroatoms. The van der Waals surface area contributed by atoms with Gasteiger partial charge in [-0.1, -0.05) is 22.0 Å². The van der Waals surface area contributed by atoms with Crippen LogP contribution in [0.2, 0.25) is 0 Å². The lowest BCUT2D eigenvalue weighted by Crippen LogP contribution is -2.20. The summed E-state index contributed by atoms with van der Waals surface area (Å²) < 4.78 is 5.61. The first kappa shape index (κ1) is 12.0. The van der Waals surface area contributed by atoms with Gasteiger partial charge in [0, 0.05) is 16.2 Å². The summed E-state index contributed by atoms with van der Waals surface area (Å²) in [5, 5.41) is 3.22. The first-order chi connectivity index (χ1) is 7.11. The Morgan fingerprint density at radius 1 is 1.60 bits per heavy atom. The molecule has 0 radical (unpaired) electrons. The summed E-state index contributed by atoms with van der Waals surface area (Å²) in [5.41, 5.74) is 0.987. The van der Waals surface area contributed by atoms with Crippen LogP contribution in [0, 0.1) is 0 Å². The molecule has 1 aromatic carbocycles. The number of nitrogens with one attached hydrogen (secondary N) is 1. The quantitative estimate of drug-likeness (QED) is 0.856. The Morgan fingerprint density at radius 2 is 2.33 bits per heavy atom. The second-order valence-corrected chi connectivity index (χ2v) is 4.25. The Bertz CT molecular complexity index is 341. The second-order valence-electron chi connectivity index (χ2n) is 3.34. The zero-order chi connectivity index (χ0) is 11.3. The van der Waals surface area contributed by atoms with Crippen molar-refractivity contribution in [2.45, 2.75) is 19.4 Å². The molecule has 1 atom stereocenters. The SMILES string of the molecule is COC(=O)CC(C)Nc1cccc(Br)c1. The maximum atomic E-state index is 11.0. The topological polar surface area (TPSA) is 38.3 Å². The fourth-order valence-electron chi connectivity index (χ4n) is 1.25. The van der Waals surface area contributed by atoms with Crippen LogP contribution in [0.25, 0.3) is 0 Å². The molecule has 82 valence electrons. The van der Waals surface area contributed by atoms with Crippen LogP contribution < -0.4 is 5.32 Å². The molecule has 1 aromatic rings. The highest BCUT2D eigenvalue weighted by Crippen LogP contribution is 2.16. The Balaban J connectivity index is 2.51. The summed E-state index contributed by atoms with van der Waals surface area (Å²) in [6.07, 6.45) is 0.364. The van der Waals surface area contributed by atoms with Gasteiger partial charge >= 0.3 is 5.97 Å². The van der Waals surface area contributed by atoms with Crippen LogP contribution in [0.3, 0.4) is 0 Å². The van der Waals surface area contributed by atoms with Crippen molar-refractivity contribution < 1.29 is 9.53 Å². The van der Waals surface area contributed by atoms with Crippen LogP contribution >= 0.6 is 15.9 Å². The van der Waals surface area contributed by atoms with Crippen LogP contribution in [0.4, 0.5) is 5.69 Å². The highest BCUT2D eigenvalue weighted by molar-refractivity contribution is 9.10. The molecule has 0 fully saturated rings. The van der Waals surface area contributed by atoms with Gasteiger partial charge in [0.05, 0.1) is 13.5 Å². The summed E-state index contributed by atoms with van der Waals surface area (Å²) >= 11 is 3.38. The van der Waals surface area contributed by atoms with E-state index in [-0.39, 0.29) is 12.0 Å².